The van der Waals surface area contributed by atoms with Gasteiger partial charge in [-0.1, -0.05) is 48.0 Å². The lowest BCUT2D eigenvalue weighted by Gasteiger charge is -2.09. The van der Waals surface area contributed by atoms with Crippen LogP contribution in [-0.4, -0.2) is 32.0 Å². The summed E-state index contributed by atoms with van der Waals surface area (Å²) in [4.78, 5) is 23.0. The van der Waals surface area contributed by atoms with E-state index in [1.165, 1.54) is 0 Å². The number of rotatable bonds is 9. The molecule has 2 aromatic carbocycles. The molecule has 0 atom stereocenters. The molecular formula is C21H23N5O3. The fraction of sp³-hybridized carbons (Fsp3) is 0.238. The smallest absolute Gasteiger partial charge is 0.303 e. The second-order valence-corrected chi connectivity index (χ2v) is 6.69. The Morgan fingerprint density at radius 1 is 1.03 bits per heavy atom. The maximum atomic E-state index is 12.5. The number of benzene rings is 2. The predicted octanol–water partition coefficient (Wildman–Crippen LogP) is 3.42. The van der Waals surface area contributed by atoms with Crippen molar-refractivity contribution in [2.24, 2.45) is 0 Å². The highest BCUT2D eigenvalue weighted by atomic mass is 16.4. The van der Waals surface area contributed by atoms with Crippen LogP contribution in [0.25, 0.3) is 11.1 Å². The maximum absolute atomic E-state index is 12.5. The second kappa shape index (κ2) is 9.50. The lowest BCUT2D eigenvalue weighted by atomic mass is 10.0. The van der Waals surface area contributed by atoms with Gasteiger partial charge in [-0.25, -0.2) is 0 Å². The van der Waals surface area contributed by atoms with Crippen molar-refractivity contribution in [3.05, 3.63) is 60.4 Å². The first-order valence-corrected chi connectivity index (χ1v) is 9.41. The van der Waals surface area contributed by atoms with Crippen molar-refractivity contribution < 1.29 is 14.7 Å². The van der Waals surface area contributed by atoms with Gasteiger partial charge in [0.15, 0.2) is 5.69 Å². The summed E-state index contributed by atoms with van der Waals surface area (Å²) in [6, 6.07) is 15.3. The van der Waals surface area contributed by atoms with E-state index in [-0.39, 0.29) is 18.0 Å². The number of anilines is 2. The van der Waals surface area contributed by atoms with Gasteiger partial charge in [0, 0.05) is 13.0 Å². The fourth-order valence-electron chi connectivity index (χ4n) is 2.90. The van der Waals surface area contributed by atoms with E-state index in [0.29, 0.717) is 24.3 Å². The van der Waals surface area contributed by atoms with Gasteiger partial charge in [-0.2, -0.15) is 0 Å². The van der Waals surface area contributed by atoms with Gasteiger partial charge in [0.1, 0.15) is 0 Å². The Labute approximate surface area is 168 Å². The third-order valence-corrected chi connectivity index (χ3v) is 4.46. The average Bonchev–Trinajstić information content (AvgIpc) is 3.19. The Bertz CT molecular complexity index is 985. The molecule has 0 unspecified atom stereocenters. The number of carboxylic acids is 1. The molecule has 0 spiro atoms. The number of hydrogen-bond acceptors (Lipinski definition) is 5. The fourth-order valence-corrected chi connectivity index (χ4v) is 2.90. The number of nitrogen functional groups attached to an aromatic ring is 1. The van der Waals surface area contributed by atoms with Crippen LogP contribution >= 0.6 is 0 Å². The number of hydrogen-bond donors (Lipinski definition) is 3. The van der Waals surface area contributed by atoms with Crippen molar-refractivity contribution in [3.8, 4) is 11.1 Å². The van der Waals surface area contributed by atoms with Crippen LogP contribution in [0.3, 0.4) is 0 Å². The predicted molar refractivity (Wildman–Crippen MR) is 110 cm³/mol. The van der Waals surface area contributed by atoms with Gasteiger partial charge in [-0.05, 0) is 36.1 Å². The zero-order chi connectivity index (χ0) is 20.6. The summed E-state index contributed by atoms with van der Waals surface area (Å²) in [7, 11) is 0. The van der Waals surface area contributed by atoms with E-state index in [9.17, 15) is 9.59 Å². The minimum Gasteiger partial charge on any atom is -0.481 e. The number of carboxylic acid groups (broad SMARTS) is 1. The van der Waals surface area contributed by atoms with E-state index in [1.807, 2.05) is 42.5 Å². The summed E-state index contributed by atoms with van der Waals surface area (Å²) in [5.41, 5.74) is 9.16. The zero-order valence-corrected chi connectivity index (χ0v) is 15.9. The largest absolute Gasteiger partial charge is 0.481 e. The number of nitrogens with zero attached hydrogens (tertiary/aromatic N) is 3. The van der Waals surface area contributed by atoms with E-state index in [1.54, 1.807) is 16.9 Å². The summed E-state index contributed by atoms with van der Waals surface area (Å²) < 4.78 is 1.58. The summed E-state index contributed by atoms with van der Waals surface area (Å²) in [6.07, 6.45) is 3.90. The lowest BCUT2D eigenvalue weighted by molar-refractivity contribution is -0.137. The molecule has 0 aliphatic rings. The molecule has 0 saturated heterocycles. The van der Waals surface area contributed by atoms with Gasteiger partial charge in [0.05, 0.1) is 17.6 Å². The number of aliphatic carboxylic acids is 1. The number of nitrogens with two attached hydrogens (primary N) is 1. The number of amides is 1. The number of nitrogens with one attached hydrogen (secondary N) is 1. The Hall–Kier alpha value is -3.68. The Balaban J connectivity index is 1.61. The molecule has 150 valence electrons. The van der Waals surface area contributed by atoms with Crippen LogP contribution in [0.5, 0.6) is 0 Å². The molecule has 3 aromatic rings. The molecule has 0 saturated carbocycles. The van der Waals surface area contributed by atoms with Crippen molar-refractivity contribution >= 4 is 23.3 Å². The van der Waals surface area contributed by atoms with Crippen molar-refractivity contribution in [1.29, 1.82) is 0 Å². The Morgan fingerprint density at radius 3 is 2.59 bits per heavy atom. The highest BCUT2D eigenvalue weighted by Crippen LogP contribution is 2.27. The SMILES string of the molecule is Nc1ccc(-c2ccccc2)cc1NC(=O)c1cn(CCCCCC(=O)O)nn1. The minimum atomic E-state index is -0.791. The first-order chi connectivity index (χ1) is 14.0. The van der Waals surface area contributed by atoms with Crippen molar-refractivity contribution in [1.82, 2.24) is 15.0 Å². The van der Waals surface area contributed by atoms with E-state index >= 15 is 0 Å². The average molecular weight is 393 g/mol. The number of aryl methyl sites for hydroxylation is 1. The number of aromatic nitrogens is 3. The molecule has 0 aliphatic heterocycles. The molecule has 8 heteroatoms. The van der Waals surface area contributed by atoms with Crippen LogP contribution in [0.2, 0.25) is 0 Å². The molecular weight excluding hydrogens is 370 g/mol. The highest BCUT2D eigenvalue weighted by molar-refractivity contribution is 6.04. The number of unbranched alkanes of at least 4 members (excludes halogenated alkanes) is 2. The Kier molecular flexibility index (Phi) is 6.57. The van der Waals surface area contributed by atoms with Gasteiger partial charge < -0.3 is 16.2 Å². The molecule has 3 rings (SSSR count). The number of carbonyl (C=O) groups excluding carboxylic acids is 1. The molecule has 0 radical (unpaired) electrons. The second-order valence-electron chi connectivity index (χ2n) is 6.69. The van der Waals surface area contributed by atoms with Crippen molar-refractivity contribution in [2.45, 2.75) is 32.2 Å². The van der Waals surface area contributed by atoms with Gasteiger partial charge in [-0.15, -0.1) is 5.10 Å². The van der Waals surface area contributed by atoms with Gasteiger partial charge in [0.2, 0.25) is 0 Å². The molecule has 1 heterocycles. The van der Waals surface area contributed by atoms with Crippen LogP contribution in [0, 0.1) is 0 Å². The van der Waals surface area contributed by atoms with Crippen LogP contribution in [0.15, 0.2) is 54.7 Å². The molecule has 0 fully saturated rings. The Morgan fingerprint density at radius 2 is 1.83 bits per heavy atom. The monoisotopic (exact) mass is 393 g/mol. The summed E-state index contributed by atoms with van der Waals surface area (Å²) >= 11 is 0. The summed E-state index contributed by atoms with van der Waals surface area (Å²) in [5, 5.41) is 19.3. The summed E-state index contributed by atoms with van der Waals surface area (Å²) in [5.74, 6) is -1.18. The normalized spacial score (nSPS) is 10.6. The quantitative estimate of drug-likeness (QED) is 0.378. The van der Waals surface area contributed by atoms with Crippen LogP contribution < -0.4 is 11.1 Å². The first kappa shape index (κ1) is 20.1. The molecule has 8 nitrogen and oxygen atoms in total. The van der Waals surface area contributed by atoms with Gasteiger partial charge in [0.25, 0.3) is 5.91 Å². The van der Waals surface area contributed by atoms with Crippen LogP contribution in [0.1, 0.15) is 36.2 Å². The molecule has 0 bridgehead atoms. The molecule has 1 amide bonds. The molecule has 0 aliphatic carbocycles. The molecule has 29 heavy (non-hydrogen) atoms. The van der Waals surface area contributed by atoms with Gasteiger partial charge in [-0.3, -0.25) is 14.3 Å². The van der Waals surface area contributed by atoms with E-state index < -0.39 is 5.97 Å². The lowest BCUT2D eigenvalue weighted by Crippen LogP contribution is -2.13. The maximum Gasteiger partial charge on any atom is 0.303 e. The topological polar surface area (TPSA) is 123 Å². The van der Waals surface area contributed by atoms with Crippen LogP contribution in [0.4, 0.5) is 11.4 Å². The molecule has 1 aromatic heterocycles. The third-order valence-electron chi connectivity index (χ3n) is 4.46. The van der Waals surface area contributed by atoms with Crippen molar-refractivity contribution in [2.75, 3.05) is 11.1 Å². The molecule has 4 N–H and O–H groups in total. The van der Waals surface area contributed by atoms with E-state index in [2.05, 4.69) is 15.6 Å². The van der Waals surface area contributed by atoms with Crippen LogP contribution in [-0.2, 0) is 11.3 Å². The number of carbonyl (C=O) groups is 2. The van der Waals surface area contributed by atoms with E-state index in [4.69, 9.17) is 10.8 Å². The highest BCUT2D eigenvalue weighted by Gasteiger charge is 2.13. The van der Waals surface area contributed by atoms with Crippen molar-refractivity contribution in [3.63, 3.8) is 0 Å². The zero-order valence-electron chi connectivity index (χ0n) is 15.9. The first-order valence-electron chi connectivity index (χ1n) is 9.41. The summed E-state index contributed by atoms with van der Waals surface area (Å²) in [6.45, 7) is 0.575. The standard InChI is InChI=1S/C21H23N5O3/c22-17-11-10-16(15-7-3-1-4-8-15)13-18(17)23-21(29)19-14-26(25-24-19)12-6-2-5-9-20(27)28/h1,3-4,7-8,10-11,13-14H,2,5-6,9,12,22H2,(H,23,29)(H,27,28). The van der Waals surface area contributed by atoms with Gasteiger partial charge >= 0.3 is 5.97 Å². The van der Waals surface area contributed by atoms with E-state index in [0.717, 1.165) is 24.0 Å². The third kappa shape index (κ3) is 5.65. The minimum absolute atomic E-state index is 0.161.